The number of benzene rings is 6. The van der Waals surface area contributed by atoms with Crippen molar-refractivity contribution in [2.24, 2.45) is 0 Å². The highest BCUT2D eigenvalue weighted by molar-refractivity contribution is 9.10. The molecule has 0 radical (unpaired) electrons. The van der Waals surface area contributed by atoms with Crippen LogP contribution in [-0.2, 0) is 0 Å². The topological polar surface area (TPSA) is 40.5 Å². The largest absolute Gasteiger partial charge is 0.489 e. The maximum absolute atomic E-state index is 9.08. The van der Waals surface area contributed by atoms with E-state index >= 15 is 0 Å². The number of aryl methyl sites for hydroxylation is 1. The van der Waals surface area contributed by atoms with E-state index in [1.807, 2.05) is 48.5 Å². The van der Waals surface area contributed by atoms with E-state index in [1.54, 1.807) is 6.07 Å². The van der Waals surface area contributed by atoms with E-state index in [2.05, 4.69) is 118 Å². The normalized spacial score (nSPS) is 10.2. The second-order valence-corrected chi connectivity index (χ2v) is 10.6. The number of fused-ring (bicyclic) bond motifs is 2. The molecule has 0 spiro atoms. The molecule has 0 unspecified atom stereocenters. The van der Waals surface area contributed by atoms with Gasteiger partial charge in [0, 0.05) is 8.95 Å². The molecule has 0 heterocycles. The zero-order valence-corrected chi connectivity index (χ0v) is 24.1. The lowest BCUT2D eigenvalue weighted by Gasteiger charge is -2.06. The average molecular weight is 626 g/mol. The molecule has 0 aromatic heterocycles. The summed E-state index contributed by atoms with van der Waals surface area (Å²) in [5, 5.41) is 22.7. The fraction of sp³-hybridized carbons (Fsp3) is 0.0303. The van der Waals surface area contributed by atoms with Gasteiger partial charge in [-0.25, -0.2) is 0 Å². The van der Waals surface area contributed by atoms with Gasteiger partial charge in [-0.2, -0.15) is 0 Å². The fourth-order valence-electron chi connectivity index (χ4n) is 4.12. The first-order valence-corrected chi connectivity index (χ1v) is 13.8. The Morgan fingerprint density at radius 1 is 0.500 bits per heavy atom. The van der Waals surface area contributed by atoms with Gasteiger partial charge in [-0.3, -0.25) is 0 Å². The molecule has 38 heavy (non-hydrogen) atoms. The smallest absolute Gasteiger partial charge is 0.423 e. The summed E-state index contributed by atoms with van der Waals surface area (Å²) in [4.78, 5) is 0. The predicted octanol–water partition coefficient (Wildman–Crippen LogP) is 8.55. The van der Waals surface area contributed by atoms with Crippen LogP contribution in [0.4, 0.5) is 0 Å². The molecular formula is C33H27BBr2O2. The molecule has 0 amide bonds. The van der Waals surface area contributed by atoms with Crippen molar-refractivity contribution in [3.8, 4) is 11.1 Å². The fourth-order valence-corrected chi connectivity index (χ4v) is 4.64. The minimum Gasteiger partial charge on any atom is -0.423 e. The van der Waals surface area contributed by atoms with Crippen LogP contribution in [0, 0.1) is 6.92 Å². The van der Waals surface area contributed by atoms with E-state index in [0.29, 0.717) is 5.46 Å². The van der Waals surface area contributed by atoms with Crippen LogP contribution in [0.15, 0.2) is 142 Å². The third kappa shape index (κ3) is 7.43. The molecule has 5 heteroatoms. The van der Waals surface area contributed by atoms with Crippen molar-refractivity contribution in [2.75, 3.05) is 0 Å². The first-order valence-electron chi connectivity index (χ1n) is 12.2. The molecule has 2 nitrogen and oxygen atoms in total. The van der Waals surface area contributed by atoms with Gasteiger partial charge < -0.3 is 10.0 Å². The summed E-state index contributed by atoms with van der Waals surface area (Å²) in [6.07, 6.45) is 0. The molecule has 0 fully saturated rings. The molecule has 0 bridgehead atoms. The summed E-state index contributed by atoms with van der Waals surface area (Å²) in [7, 11) is -1.40. The number of hydrogen-bond acceptors (Lipinski definition) is 2. The van der Waals surface area contributed by atoms with E-state index in [-0.39, 0.29) is 0 Å². The lowest BCUT2D eigenvalue weighted by atomic mass is 9.77. The minimum atomic E-state index is -1.40. The Morgan fingerprint density at radius 2 is 0.974 bits per heavy atom. The highest BCUT2D eigenvalue weighted by Gasteiger charge is 2.13. The van der Waals surface area contributed by atoms with Crippen molar-refractivity contribution in [2.45, 2.75) is 6.92 Å². The standard InChI is InChI=1S/C16H11Br.C10H9BO2.C7H7Br/c17-14-10-8-13(9-11-14)16-7-3-5-12-4-1-2-6-15(12)16;12-11(13)10-7-3-5-8-4-1-2-6-9(8)10;1-6-2-4-7(8)5-3-6/h1-11H;1-7,12-13H;2-5H,1H3. The lowest BCUT2D eigenvalue weighted by molar-refractivity contribution is 0.426. The molecule has 6 rings (SSSR count). The zero-order valence-electron chi connectivity index (χ0n) is 20.9. The van der Waals surface area contributed by atoms with Crippen LogP contribution in [0.25, 0.3) is 32.7 Å². The summed E-state index contributed by atoms with van der Waals surface area (Å²) >= 11 is 6.81. The van der Waals surface area contributed by atoms with Gasteiger partial charge in [0.1, 0.15) is 0 Å². The van der Waals surface area contributed by atoms with Gasteiger partial charge in [-0.15, -0.1) is 0 Å². The van der Waals surface area contributed by atoms with E-state index in [0.717, 1.165) is 19.7 Å². The lowest BCUT2D eigenvalue weighted by Crippen LogP contribution is -2.30. The molecule has 0 aliphatic heterocycles. The monoisotopic (exact) mass is 624 g/mol. The molecule has 188 valence electrons. The van der Waals surface area contributed by atoms with Crippen molar-refractivity contribution in [3.63, 3.8) is 0 Å². The first kappa shape index (κ1) is 27.8. The van der Waals surface area contributed by atoms with Crippen molar-refractivity contribution in [1.82, 2.24) is 0 Å². The maximum Gasteiger partial charge on any atom is 0.489 e. The number of hydrogen-bond donors (Lipinski definition) is 2. The Kier molecular flexibility index (Phi) is 9.91. The van der Waals surface area contributed by atoms with E-state index in [9.17, 15) is 0 Å². The van der Waals surface area contributed by atoms with Crippen LogP contribution in [-0.4, -0.2) is 17.2 Å². The second-order valence-electron chi connectivity index (χ2n) is 8.77. The van der Waals surface area contributed by atoms with Crippen LogP contribution >= 0.6 is 31.9 Å². The summed E-state index contributed by atoms with van der Waals surface area (Å²) in [5.41, 5.74) is 4.40. The van der Waals surface area contributed by atoms with E-state index < -0.39 is 7.12 Å². The Labute approximate surface area is 241 Å². The van der Waals surface area contributed by atoms with E-state index in [4.69, 9.17) is 10.0 Å². The Hall–Kier alpha value is -3.22. The molecule has 0 atom stereocenters. The summed E-state index contributed by atoms with van der Waals surface area (Å²) in [5.74, 6) is 0. The minimum absolute atomic E-state index is 0.554. The van der Waals surface area contributed by atoms with Crippen molar-refractivity contribution < 1.29 is 10.0 Å². The highest BCUT2D eigenvalue weighted by atomic mass is 79.9. The van der Waals surface area contributed by atoms with Crippen LogP contribution in [0.2, 0.25) is 0 Å². The SMILES string of the molecule is Brc1ccc(-c2cccc3ccccc23)cc1.Cc1ccc(Br)cc1.OB(O)c1cccc2ccccc12. The van der Waals surface area contributed by atoms with Gasteiger partial charge in [0.25, 0.3) is 0 Å². The molecular weight excluding hydrogens is 599 g/mol. The Morgan fingerprint density at radius 3 is 1.55 bits per heavy atom. The Balaban J connectivity index is 0.000000142. The van der Waals surface area contributed by atoms with Crippen LogP contribution < -0.4 is 5.46 Å². The molecule has 6 aromatic carbocycles. The molecule has 0 aliphatic carbocycles. The van der Waals surface area contributed by atoms with E-state index in [1.165, 1.54) is 27.5 Å². The van der Waals surface area contributed by atoms with Gasteiger partial charge in [-0.05, 0) is 69.3 Å². The van der Waals surface area contributed by atoms with Crippen molar-refractivity contribution in [1.29, 1.82) is 0 Å². The third-order valence-electron chi connectivity index (χ3n) is 6.06. The molecule has 0 aliphatic rings. The van der Waals surface area contributed by atoms with Crippen molar-refractivity contribution in [3.05, 3.63) is 148 Å². The van der Waals surface area contributed by atoms with Gasteiger partial charge in [0.2, 0.25) is 0 Å². The Bertz CT molecular complexity index is 1580. The number of halogens is 2. The second kappa shape index (κ2) is 13.5. The molecule has 6 aromatic rings. The van der Waals surface area contributed by atoms with Crippen molar-refractivity contribution >= 4 is 66.0 Å². The molecule has 2 N–H and O–H groups in total. The average Bonchev–Trinajstić information content (AvgIpc) is 2.95. The summed E-state index contributed by atoms with van der Waals surface area (Å²) in [6, 6.07) is 44.7. The third-order valence-corrected chi connectivity index (χ3v) is 7.11. The van der Waals surface area contributed by atoms with Gasteiger partial charge in [-0.1, -0.05) is 147 Å². The number of rotatable bonds is 2. The van der Waals surface area contributed by atoms with Crippen LogP contribution in [0.3, 0.4) is 0 Å². The van der Waals surface area contributed by atoms with Gasteiger partial charge in [0.05, 0.1) is 0 Å². The maximum atomic E-state index is 9.08. The van der Waals surface area contributed by atoms with Gasteiger partial charge in [0.15, 0.2) is 0 Å². The molecule has 0 saturated heterocycles. The quantitative estimate of drug-likeness (QED) is 0.189. The zero-order chi connectivity index (χ0) is 26.9. The van der Waals surface area contributed by atoms with Crippen LogP contribution in [0.1, 0.15) is 5.56 Å². The highest BCUT2D eigenvalue weighted by Crippen LogP contribution is 2.29. The predicted molar refractivity (Wildman–Crippen MR) is 170 cm³/mol. The van der Waals surface area contributed by atoms with Crippen LogP contribution in [0.5, 0.6) is 0 Å². The first-order chi connectivity index (χ1) is 18.4. The molecule has 0 saturated carbocycles. The summed E-state index contributed by atoms with van der Waals surface area (Å²) in [6.45, 7) is 2.08. The van der Waals surface area contributed by atoms with Gasteiger partial charge >= 0.3 is 7.12 Å². The summed E-state index contributed by atoms with van der Waals surface area (Å²) < 4.78 is 2.25.